The third-order valence-electron chi connectivity index (χ3n) is 9.44. The van der Waals surface area contributed by atoms with Gasteiger partial charge in [0.25, 0.3) is 0 Å². The normalized spacial score (nSPS) is 46.6. The Balaban J connectivity index is 0.00000361. The second-order valence-electron chi connectivity index (χ2n) is 12.1. The molecule has 10 heteroatoms. The van der Waals surface area contributed by atoms with Gasteiger partial charge in [-0.25, -0.2) is 0 Å². The van der Waals surface area contributed by atoms with Crippen molar-refractivity contribution in [1.29, 1.82) is 0 Å². The lowest BCUT2D eigenvalue weighted by atomic mass is 9.40. The van der Waals surface area contributed by atoms with Crippen molar-refractivity contribution in [3.05, 3.63) is 12.7 Å². The van der Waals surface area contributed by atoms with E-state index in [2.05, 4.69) is 6.58 Å². The predicted molar refractivity (Wildman–Crippen MR) is 134 cm³/mol. The zero-order valence-corrected chi connectivity index (χ0v) is 22.8. The Morgan fingerprint density at radius 1 is 1.19 bits per heavy atom. The van der Waals surface area contributed by atoms with E-state index in [0.29, 0.717) is 39.1 Å². The number of halogens is 1. The maximum Gasteiger partial charge on any atom is 0.320 e. The molecule has 2 heterocycles. The number of aliphatic hydroxyl groups is 3. The number of carbonyl (C=O) groups is 2. The molecule has 0 amide bonds. The first-order valence-corrected chi connectivity index (χ1v) is 12.6. The van der Waals surface area contributed by atoms with Crippen LogP contribution in [0.4, 0.5) is 0 Å². The van der Waals surface area contributed by atoms with Gasteiger partial charge in [-0.05, 0) is 32.1 Å². The fraction of sp³-hybridized carbons (Fsp3) is 0.846. The molecule has 2 saturated carbocycles. The highest BCUT2D eigenvalue weighted by Crippen LogP contribution is 2.67. The van der Waals surface area contributed by atoms with Crippen LogP contribution in [0.15, 0.2) is 12.7 Å². The summed E-state index contributed by atoms with van der Waals surface area (Å²) in [7, 11) is 0. The third-order valence-corrected chi connectivity index (χ3v) is 9.44. The van der Waals surface area contributed by atoms with Gasteiger partial charge in [0.1, 0.15) is 5.60 Å². The Bertz CT molecular complexity index is 893. The number of hydrogen-bond acceptors (Lipinski definition) is 9. The van der Waals surface area contributed by atoms with Crippen molar-refractivity contribution in [2.24, 2.45) is 16.7 Å². The number of ketones is 1. The minimum atomic E-state index is -2.21. The standard InChI is InChI=1S/C26H41NO8.ClH/c1-7-23(4)14-17(29)26(32)24(5)16(28)8-9-22(2,3)20(24)19(31)21(25(26,6)35-23)34-18(30)15-27-10-12-33-13-11-27;/h7,16,19-21,28,31-32H,1,8-15H2,2-6H3;1H/t16-,19-,20-,21-,23-,24-,25+,26-;/m0./s1. The Morgan fingerprint density at radius 2 is 1.81 bits per heavy atom. The highest BCUT2D eigenvalue weighted by Gasteiger charge is 2.81. The highest BCUT2D eigenvalue weighted by atomic mass is 35.5. The van der Waals surface area contributed by atoms with Crippen molar-refractivity contribution < 1.29 is 39.1 Å². The molecule has 8 atom stereocenters. The van der Waals surface area contributed by atoms with Gasteiger partial charge in [0.05, 0.1) is 37.6 Å². The first kappa shape index (κ1) is 29.5. The van der Waals surface area contributed by atoms with Gasteiger partial charge in [0, 0.05) is 30.8 Å². The van der Waals surface area contributed by atoms with Crippen LogP contribution < -0.4 is 0 Å². The van der Waals surface area contributed by atoms with Gasteiger partial charge in [-0.2, -0.15) is 0 Å². The molecule has 3 N–H and O–H groups in total. The van der Waals surface area contributed by atoms with E-state index in [0.717, 1.165) is 0 Å². The lowest BCUT2D eigenvalue weighted by Crippen LogP contribution is -2.86. The molecule has 2 saturated heterocycles. The van der Waals surface area contributed by atoms with Crippen LogP contribution in [-0.4, -0.2) is 99.9 Å². The number of hydrogen-bond donors (Lipinski definition) is 3. The van der Waals surface area contributed by atoms with Crippen LogP contribution in [0, 0.1) is 16.7 Å². The van der Waals surface area contributed by atoms with Gasteiger partial charge >= 0.3 is 5.97 Å². The van der Waals surface area contributed by atoms with Crippen molar-refractivity contribution in [1.82, 2.24) is 4.90 Å². The van der Waals surface area contributed by atoms with E-state index in [1.165, 1.54) is 13.0 Å². The lowest BCUT2D eigenvalue weighted by Gasteiger charge is -2.71. The molecule has 2 aliphatic heterocycles. The highest BCUT2D eigenvalue weighted by molar-refractivity contribution is 5.92. The van der Waals surface area contributed by atoms with Crippen molar-refractivity contribution >= 4 is 24.2 Å². The summed E-state index contributed by atoms with van der Waals surface area (Å²) in [4.78, 5) is 28.9. The second kappa shape index (κ2) is 9.59. The Kier molecular flexibility index (Phi) is 7.86. The Morgan fingerprint density at radius 3 is 2.39 bits per heavy atom. The van der Waals surface area contributed by atoms with Gasteiger partial charge in [-0.3, -0.25) is 14.5 Å². The first-order valence-electron chi connectivity index (χ1n) is 12.6. The van der Waals surface area contributed by atoms with Crippen LogP contribution in [0.5, 0.6) is 0 Å². The summed E-state index contributed by atoms with van der Waals surface area (Å²) < 4.78 is 17.7. The quantitative estimate of drug-likeness (QED) is 0.363. The minimum Gasteiger partial charge on any atom is -0.455 e. The molecule has 206 valence electrons. The molecule has 2 aliphatic carbocycles. The number of carbonyl (C=O) groups excluding carboxylic acids is 2. The Labute approximate surface area is 219 Å². The molecule has 4 aliphatic rings. The van der Waals surface area contributed by atoms with Gasteiger partial charge in [0.15, 0.2) is 17.5 Å². The molecule has 0 spiro atoms. The number of morpholine rings is 1. The SMILES string of the molecule is C=C[C@@]1(C)CC(=O)[C@]2(O)[C@@]3(C)[C@@H](O)CCC(C)(C)[C@@H]3[C@H](O)[C@H](OC(=O)CN3CCOCC3)[C@@]2(C)O1.Cl. The number of Topliss-reactive ketones (excluding diaryl/α,β-unsaturated/α-hetero) is 1. The number of esters is 1. The summed E-state index contributed by atoms with van der Waals surface area (Å²) in [6.07, 6.45) is -1.42. The number of ether oxygens (including phenoxy) is 3. The van der Waals surface area contributed by atoms with Gasteiger partial charge in [0.2, 0.25) is 0 Å². The minimum absolute atomic E-state index is 0. The molecule has 4 fully saturated rings. The van der Waals surface area contributed by atoms with E-state index >= 15 is 0 Å². The fourth-order valence-corrected chi connectivity index (χ4v) is 7.60. The molecule has 0 aromatic heterocycles. The van der Waals surface area contributed by atoms with E-state index in [1.54, 1.807) is 13.8 Å². The van der Waals surface area contributed by atoms with Crippen molar-refractivity contribution in [3.63, 3.8) is 0 Å². The van der Waals surface area contributed by atoms with E-state index in [9.17, 15) is 24.9 Å². The molecule has 4 rings (SSSR count). The number of fused-ring (bicyclic) bond motifs is 3. The van der Waals surface area contributed by atoms with Crippen molar-refractivity contribution in [2.75, 3.05) is 32.8 Å². The van der Waals surface area contributed by atoms with Crippen molar-refractivity contribution in [2.45, 2.75) is 89.0 Å². The molecule has 0 aromatic rings. The Hall–Kier alpha value is -1.07. The average molecular weight is 532 g/mol. The predicted octanol–water partition coefficient (Wildman–Crippen LogP) is 1.25. The summed E-state index contributed by atoms with van der Waals surface area (Å²) in [5.74, 6) is -1.84. The van der Waals surface area contributed by atoms with E-state index in [1.807, 2.05) is 18.7 Å². The molecule has 0 bridgehead atoms. The molecular formula is C26H42ClNO8. The van der Waals surface area contributed by atoms with E-state index in [-0.39, 0.29) is 25.4 Å². The van der Waals surface area contributed by atoms with Crippen LogP contribution in [0.1, 0.15) is 53.9 Å². The van der Waals surface area contributed by atoms with Gasteiger partial charge in [-0.15, -0.1) is 19.0 Å². The van der Waals surface area contributed by atoms with E-state index < -0.39 is 63.6 Å². The number of aliphatic hydroxyl groups excluding tert-OH is 2. The average Bonchev–Trinajstić information content (AvgIpc) is 2.78. The third kappa shape index (κ3) is 4.06. The zero-order chi connectivity index (χ0) is 26.0. The lowest BCUT2D eigenvalue weighted by molar-refractivity contribution is -0.370. The van der Waals surface area contributed by atoms with Gasteiger partial charge < -0.3 is 29.5 Å². The molecule has 0 aromatic carbocycles. The van der Waals surface area contributed by atoms with Crippen LogP contribution in [0.3, 0.4) is 0 Å². The van der Waals surface area contributed by atoms with Crippen LogP contribution in [-0.2, 0) is 23.8 Å². The van der Waals surface area contributed by atoms with Crippen LogP contribution in [0.2, 0.25) is 0 Å². The van der Waals surface area contributed by atoms with Crippen LogP contribution >= 0.6 is 12.4 Å². The summed E-state index contributed by atoms with van der Waals surface area (Å²) in [6, 6.07) is 0. The fourth-order valence-electron chi connectivity index (χ4n) is 7.60. The number of nitrogens with zero attached hydrogens (tertiary/aromatic N) is 1. The second-order valence-corrected chi connectivity index (χ2v) is 12.1. The summed E-state index contributed by atoms with van der Waals surface area (Å²) in [5.41, 5.74) is -7.18. The molecule has 36 heavy (non-hydrogen) atoms. The zero-order valence-electron chi connectivity index (χ0n) is 22.0. The summed E-state index contributed by atoms with van der Waals surface area (Å²) in [5, 5.41) is 35.6. The smallest absolute Gasteiger partial charge is 0.320 e. The molecule has 0 unspecified atom stereocenters. The van der Waals surface area contributed by atoms with Crippen LogP contribution in [0.25, 0.3) is 0 Å². The van der Waals surface area contributed by atoms with E-state index in [4.69, 9.17) is 14.2 Å². The summed E-state index contributed by atoms with van der Waals surface area (Å²) >= 11 is 0. The maximum atomic E-state index is 13.9. The maximum absolute atomic E-state index is 13.9. The molecule has 0 radical (unpaired) electrons. The number of rotatable bonds is 4. The summed E-state index contributed by atoms with van der Waals surface area (Å²) in [6.45, 7) is 14.7. The largest absolute Gasteiger partial charge is 0.455 e. The first-order chi connectivity index (χ1) is 16.2. The topological polar surface area (TPSA) is 126 Å². The monoisotopic (exact) mass is 531 g/mol. The molecular weight excluding hydrogens is 490 g/mol. The molecule has 9 nitrogen and oxygen atoms in total. The van der Waals surface area contributed by atoms with Gasteiger partial charge in [-0.1, -0.05) is 26.8 Å². The van der Waals surface area contributed by atoms with Crippen molar-refractivity contribution in [3.8, 4) is 0 Å².